The van der Waals surface area contributed by atoms with Gasteiger partial charge in [0.15, 0.2) is 0 Å². The van der Waals surface area contributed by atoms with Gasteiger partial charge in [0.1, 0.15) is 5.15 Å². The molecule has 0 radical (unpaired) electrons. The first kappa shape index (κ1) is 10.1. The van der Waals surface area contributed by atoms with E-state index in [4.69, 9.17) is 16.3 Å². The molecule has 2 aromatic heterocycles. The van der Waals surface area contributed by atoms with Crippen LogP contribution < -0.4 is 0 Å². The zero-order valence-electron chi connectivity index (χ0n) is 8.24. The summed E-state index contributed by atoms with van der Waals surface area (Å²) in [5.74, 6) is -0.340. The number of esters is 1. The van der Waals surface area contributed by atoms with E-state index < -0.39 is 0 Å². The van der Waals surface area contributed by atoms with Gasteiger partial charge in [-0.1, -0.05) is 17.7 Å². The number of hydrogen-bond acceptors (Lipinski definition) is 2. The lowest BCUT2D eigenvalue weighted by molar-refractivity contribution is 0.0529. The molecule has 15 heavy (non-hydrogen) atoms. The summed E-state index contributed by atoms with van der Waals surface area (Å²) in [5, 5.41) is 0.508. The van der Waals surface area contributed by atoms with Gasteiger partial charge in [0, 0.05) is 6.20 Å². The summed E-state index contributed by atoms with van der Waals surface area (Å²) in [6.07, 6.45) is 1.81. The number of nitrogens with zero attached hydrogens (tertiary/aromatic N) is 1. The molecule has 0 spiro atoms. The van der Waals surface area contributed by atoms with Gasteiger partial charge in [-0.25, -0.2) is 4.79 Å². The normalized spacial score (nSPS) is 10.5. The van der Waals surface area contributed by atoms with E-state index in [-0.39, 0.29) is 5.97 Å². The van der Waals surface area contributed by atoms with Crippen molar-refractivity contribution in [3.05, 3.63) is 41.2 Å². The number of ether oxygens (including phenoxy) is 1. The summed E-state index contributed by atoms with van der Waals surface area (Å²) in [6.45, 7) is 2.14. The topological polar surface area (TPSA) is 30.7 Å². The first-order chi connectivity index (χ1) is 7.24. The van der Waals surface area contributed by atoms with Gasteiger partial charge in [-0.3, -0.25) is 0 Å². The molecular formula is C11H10ClNO2. The molecular weight excluding hydrogens is 214 g/mol. The molecule has 0 unspecified atom stereocenters. The van der Waals surface area contributed by atoms with Crippen LogP contribution in [-0.4, -0.2) is 17.0 Å². The Morgan fingerprint density at radius 1 is 1.53 bits per heavy atom. The second-order valence-corrected chi connectivity index (χ2v) is 3.44. The average Bonchev–Trinajstić information content (AvgIpc) is 2.58. The summed E-state index contributed by atoms with van der Waals surface area (Å²) in [4.78, 5) is 11.6. The molecule has 0 bridgehead atoms. The standard InChI is InChI=1S/C11H10ClNO2/c1-2-15-11(14)8-7-10(12)13-6-4-3-5-9(8)13/h3-7H,2H2,1H3. The highest BCUT2D eigenvalue weighted by Crippen LogP contribution is 2.21. The average molecular weight is 224 g/mol. The quantitative estimate of drug-likeness (QED) is 0.733. The van der Waals surface area contributed by atoms with E-state index in [1.54, 1.807) is 23.6 Å². The van der Waals surface area contributed by atoms with Crippen molar-refractivity contribution in [1.82, 2.24) is 4.40 Å². The van der Waals surface area contributed by atoms with Crippen molar-refractivity contribution in [2.75, 3.05) is 6.61 Å². The third kappa shape index (κ3) is 1.70. The Morgan fingerprint density at radius 3 is 3.07 bits per heavy atom. The maximum Gasteiger partial charge on any atom is 0.340 e. The van der Waals surface area contributed by atoms with Crippen molar-refractivity contribution in [2.45, 2.75) is 6.92 Å². The minimum absolute atomic E-state index is 0.340. The molecule has 2 aromatic rings. The van der Waals surface area contributed by atoms with Crippen LogP contribution in [0.4, 0.5) is 0 Å². The lowest BCUT2D eigenvalue weighted by Gasteiger charge is -1.99. The van der Waals surface area contributed by atoms with Crippen LogP contribution in [0.5, 0.6) is 0 Å². The number of fused-ring (bicyclic) bond motifs is 1. The second-order valence-electron chi connectivity index (χ2n) is 3.06. The molecule has 0 atom stereocenters. The molecule has 78 valence electrons. The highest BCUT2D eigenvalue weighted by Gasteiger charge is 2.14. The monoisotopic (exact) mass is 223 g/mol. The van der Waals surface area contributed by atoms with Crippen molar-refractivity contribution in [3.8, 4) is 0 Å². The van der Waals surface area contributed by atoms with Crippen LogP contribution in [0.25, 0.3) is 5.52 Å². The molecule has 0 saturated carbocycles. The molecule has 0 amide bonds. The van der Waals surface area contributed by atoms with Crippen LogP contribution >= 0.6 is 11.6 Å². The van der Waals surface area contributed by atoms with E-state index in [1.165, 1.54) is 0 Å². The Hall–Kier alpha value is -1.48. The Bertz CT molecular complexity index is 504. The zero-order chi connectivity index (χ0) is 10.8. The van der Waals surface area contributed by atoms with Gasteiger partial charge in [-0.15, -0.1) is 0 Å². The lowest BCUT2D eigenvalue weighted by Crippen LogP contribution is -2.03. The third-order valence-corrected chi connectivity index (χ3v) is 2.42. The van der Waals surface area contributed by atoms with E-state index >= 15 is 0 Å². The molecule has 0 aliphatic heterocycles. The molecule has 4 heteroatoms. The predicted molar refractivity (Wildman–Crippen MR) is 58.4 cm³/mol. The fraction of sp³-hybridized carbons (Fsp3) is 0.182. The Kier molecular flexibility index (Phi) is 2.64. The van der Waals surface area contributed by atoms with Crippen LogP contribution in [0.1, 0.15) is 17.3 Å². The van der Waals surface area contributed by atoms with E-state index in [1.807, 2.05) is 18.2 Å². The fourth-order valence-corrected chi connectivity index (χ4v) is 1.74. The summed E-state index contributed by atoms with van der Waals surface area (Å²) in [6, 6.07) is 7.16. The first-order valence-electron chi connectivity index (χ1n) is 4.66. The van der Waals surface area contributed by atoms with E-state index in [2.05, 4.69) is 0 Å². The summed E-state index contributed by atoms with van der Waals surface area (Å²) < 4.78 is 6.68. The van der Waals surface area contributed by atoms with Crippen LogP contribution in [-0.2, 0) is 4.74 Å². The number of aromatic nitrogens is 1. The predicted octanol–water partition coefficient (Wildman–Crippen LogP) is 2.77. The Balaban J connectivity index is 2.57. The van der Waals surface area contributed by atoms with Gasteiger partial charge in [-0.05, 0) is 25.1 Å². The number of pyridine rings is 1. The number of hydrogen-bond donors (Lipinski definition) is 0. The van der Waals surface area contributed by atoms with Crippen molar-refractivity contribution in [3.63, 3.8) is 0 Å². The van der Waals surface area contributed by atoms with Crippen LogP contribution in [0.3, 0.4) is 0 Å². The van der Waals surface area contributed by atoms with Crippen LogP contribution in [0, 0.1) is 0 Å². The highest BCUT2D eigenvalue weighted by atomic mass is 35.5. The minimum Gasteiger partial charge on any atom is -0.462 e. The van der Waals surface area contributed by atoms with Gasteiger partial charge >= 0.3 is 5.97 Å². The van der Waals surface area contributed by atoms with Gasteiger partial charge in [0.05, 0.1) is 17.7 Å². The van der Waals surface area contributed by atoms with Gasteiger partial charge in [-0.2, -0.15) is 0 Å². The number of halogens is 1. The van der Waals surface area contributed by atoms with Gasteiger partial charge in [0.25, 0.3) is 0 Å². The molecule has 0 saturated heterocycles. The molecule has 0 aliphatic rings. The summed E-state index contributed by atoms with van der Waals surface area (Å²) >= 11 is 5.98. The first-order valence-corrected chi connectivity index (χ1v) is 5.04. The Labute approximate surface area is 92.2 Å². The van der Waals surface area contributed by atoms with Gasteiger partial charge in [0.2, 0.25) is 0 Å². The number of carbonyl (C=O) groups excluding carboxylic acids is 1. The molecule has 0 aliphatic carbocycles. The summed E-state index contributed by atoms with van der Waals surface area (Å²) in [7, 11) is 0. The molecule has 3 nitrogen and oxygen atoms in total. The highest BCUT2D eigenvalue weighted by molar-refractivity contribution is 6.30. The largest absolute Gasteiger partial charge is 0.462 e. The zero-order valence-corrected chi connectivity index (χ0v) is 8.99. The minimum atomic E-state index is -0.340. The Morgan fingerprint density at radius 2 is 2.33 bits per heavy atom. The van der Waals surface area contributed by atoms with E-state index in [0.29, 0.717) is 17.3 Å². The van der Waals surface area contributed by atoms with Crippen molar-refractivity contribution < 1.29 is 9.53 Å². The van der Waals surface area contributed by atoms with Crippen molar-refractivity contribution in [1.29, 1.82) is 0 Å². The van der Waals surface area contributed by atoms with Crippen LogP contribution in [0.2, 0.25) is 5.15 Å². The van der Waals surface area contributed by atoms with Gasteiger partial charge < -0.3 is 9.14 Å². The second kappa shape index (κ2) is 3.95. The smallest absolute Gasteiger partial charge is 0.340 e. The maximum absolute atomic E-state index is 11.6. The molecule has 0 N–H and O–H groups in total. The molecule has 0 fully saturated rings. The number of carbonyl (C=O) groups is 1. The van der Waals surface area contributed by atoms with Crippen molar-refractivity contribution in [2.24, 2.45) is 0 Å². The van der Waals surface area contributed by atoms with E-state index in [0.717, 1.165) is 5.52 Å². The fourth-order valence-electron chi connectivity index (χ4n) is 1.48. The number of rotatable bonds is 2. The van der Waals surface area contributed by atoms with E-state index in [9.17, 15) is 4.79 Å². The molecule has 0 aromatic carbocycles. The lowest BCUT2D eigenvalue weighted by atomic mass is 10.2. The summed E-state index contributed by atoms with van der Waals surface area (Å²) in [5.41, 5.74) is 1.27. The maximum atomic E-state index is 11.6. The SMILES string of the molecule is CCOC(=O)c1cc(Cl)n2ccccc12. The van der Waals surface area contributed by atoms with Crippen molar-refractivity contribution >= 4 is 23.1 Å². The molecule has 2 rings (SSSR count). The molecule has 2 heterocycles. The van der Waals surface area contributed by atoms with Crippen LogP contribution in [0.15, 0.2) is 30.5 Å². The third-order valence-electron chi connectivity index (χ3n) is 2.12.